The first-order valence-electron chi connectivity index (χ1n) is 8.01. The van der Waals surface area contributed by atoms with Gasteiger partial charge in [-0.05, 0) is 35.9 Å². The van der Waals surface area contributed by atoms with Crippen molar-refractivity contribution >= 4 is 28.9 Å². The highest BCUT2D eigenvalue weighted by Gasteiger charge is 2.17. The van der Waals surface area contributed by atoms with E-state index in [4.69, 9.17) is 5.73 Å². The Kier molecular flexibility index (Phi) is 2.90. The van der Waals surface area contributed by atoms with Crippen molar-refractivity contribution in [1.82, 2.24) is 19.5 Å². The lowest BCUT2D eigenvalue weighted by atomic mass is 10.1. The van der Waals surface area contributed by atoms with Crippen LogP contribution < -0.4 is 5.73 Å². The lowest BCUT2D eigenvalue weighted by Crippen LogP contribution is -2.00. The van der Waals surface area contributed by atoms with Gasteiger partial charge in [-0.15, -0.1) is 0 Å². The van der Waals surface area contributed by atoms with Crippen molar-refractivity contribution in [2.75, 3.05) is 5.73 Å². The number of nitrogens with zero attached hydrogens (tertiary/aromatic N) is 5. The molecule has 0 radical (unpaired) electrons. The normalized spacial score (nSPS) is 12.6. The number of hydrogen-bond acceptors (Lipinski definition) is 5. The number of aromatic nitrogens is 4. The molecule has 0 spiro atoms. The molecule has 6 nitrogen and oxygen atoms in total. The molecular weight excluding hydrogens is 312 g/mol. The number of aliphatic imine (C=N–C) groups is 1. The summed E-state index contributed by atoms with van der Waals surface area (Å²) in [5, 5.41) is 0. The molecular formula is C19H14N6. The third kappa shape index (κ3) is 2.11. The van der Waals surface area contributed by atoms with Gasteiger partial charge in [0, 0.05) is 25.0 Å². The maximum atomic E-state index is 6.24. The summed E-state index contributed by atoms with van der Waals surface area (Å²) in [6.07, 6.45) is 6.31. The number of imidazole rings is 1. The van der Waals surface area contributed by atoms with Gasteiger partial charge >= 0.3 is 0 Å². The number of fused-ring (bicyclic) bond motifs is 2. The molecule has 0 saturated heterocycles. The fourth-order valence-corrected chi connectivity index (χ4v) is 3.21. The molecule has 4 heterocycles. The van der Waals surface area contributed by atoms with Gasteiger partial charge in [-0.1, -0.05) is 12.1 Å². The van der Waals surface area contributed by atoms with Crippen LogP contribution in [0, 0.1) is 0 Å². The molecule has 120 valence electrons. The Hall–Kier alpha value is -3.54. The van der Waals surface area contributed by atoms with Crippen LogP contribution >= 0.6 is 0 Å². The average molecular weight is 326 g/mol. The predicted octanol–water partition coefficient (Wildman–Crippen LogP) is 3.32. The number of nitrogens with two attached hydrogens (primary N) is 1. The molecule has 1 aliphatic rings. The summed E-state index contributed by atoms with van der Waals surface area (Å²) in [5.41, 5.74) is 12.5. The molecule has 0 unspecified atom stereocenters. The van der Waals surface area contributed by atoms with Crippen LogP contribution in [0.2, 0.25) is 0 Å². The molecule has 0 saturated carbocycles. The minimum atomic E-state index is 0.419. The van der Waals surface area contributed by atoms with Crippen LogP contribution in [0.15, 0.2) is 59.9 Å². The number of anilines is 1. The van der Waals surface area contributed by atoms with E-state index < -0.39 is 0 Å². The third-order valence-corrected chi connectivity index (χ3v) is 4.38. The van der Waals surface area contributed by atoms with E-state index in [0.717, 1.165) is 40.2 Å². The number of pyridine rings is 2. The molecule has 0 fully saturated rings. The molecule has 0 amide bonds. The summed E-state index contributed by atoms with van der Waals surface area (Å²) in [6.45, 7) is 0. The summed E-state index contributed by atoms with van der Waals surface area (Å²) in [7, 11) is 0. The van der Waals surface area contributed by atoms with Gasteiger partial charge in [0.2, 0.25) is 5.95 Å². The van der Waals surface area contributed by atoms with Gasteiger partial charge in [0.1, 0.15) is 11.2 Å². The van der Waals surface area contributed by atoms with Crippen molar-refractivity contribution in [2.45, 2.75) is 6.42 Å². The average Bonchev–Trinajstić information content (AvgIpc) is 3.24. The molecule has 6 heteroatoms. The highest BCUT2D eigenvalue weighted by Crippen LogP contribution is 2.32. The Morgan fingerprint density at radius 2 is 1.96 bits per heavy atom. The van der Waals surface area contributed by atoms with E-state index >= 15 is 0 Å². The minimum absolute atomic E-state index is 0.419. The number of nitrogen functional groups attached to an aromatic ring is 1. The van der Waals surface area contributed by atoms with E-state index in [9.17, 15) is 0 Å². The lowest BCUT2D eigenvalue weighted by molar-refractivity contribution is 1.11. The second kappa shape index (κ2) is 5.24. The van der Waals surface area contributed by atoms with E-state index in [0.29, 0.717) is 5.95 Å². The van der Waals surface area contributed by atoms with Crippen LogP contribution in [-0.2, 0) is 6.42 Å². The van der Waals surface area contributed by atoms with Crippen molar-refractivity contribution in [3.63, 3.8) is 0 Å². The van der Waals surface area contributed by atoms with E-state index in [-0.39, 0.29) is 0 Å². The van der Waals surface area contributed by atoms with E-state index in [1.165, 1.54) is 5.56 Å². The van der Waals surface area contributed by atoms with Crippen molar-refractivity contribution in [1.29, 1.82) is 0 Å². The monoisotopic (exact) mass is 326 g/mol. The van der Waals surface area contributed by atoms with Crippen LogP contribution in [0.25, 0.3) is 28.1 Å². The smallest absolute Gasteiger partial charge is 0.206 e. The number of rotatable bonds is 2. The first kappa shape index (κ1) is 13.9. The zero-order valence-electron chi connectivity index (χ0n) is 13.3. The zero-order chi connectivity index (χ0) is 16.8. The van der Waals surface area contributed by atoms with Gasteiger partial charge < -0.3 is 5.73 Å². The first-order chi connectivity index (χ1) is 12.3. The Morgan fingerprint density at radius 3 is 2.84 bits per heavy atom. The molecule has 0 aliphatic carbocycles. The summed E-state index contributed by atoms with van der Waals surface area (Å²) >= 11 is 0. The second-order valence-corrected chi connectivity index (χ2v) is 5.88. The topological polar surface area (TPSA) is 82.0 Å². The molecule has 2 N–H and O–H groups in total. The second-order valence-electron chi connectivity index (χ2n) is 5.88. The van der Waals surface area contributed by atoms with Gasteiger partial charge in [-0.25, -0.2) is 4.98 Å². The Bertz CT molecular complexity index is 1130. The maximum Gasteiger partial charge on any atom is 0.206 e. The standard InChI is InChI=1S/C19H14N6/c20-19-24-18-16(7-10-23-17(18)14-3-1-2-8-21-14)25(19)13-5-4-12-6-9-22-15(12)11-13/h1-5,7-11H,6H2,(H2,20,24). The molecule has 25 heavy (non-hydrogen) atoms. The van der Waals surface area contributed by atoms with E-state index in [1.54, 1.807) is 12.4 Å². The maximum absolute atomic E-state index is 6.24. The fourth-order valence-electron chi connectivity index (χ4n) is 3.21. The van der Waals surface area contributed by atoms with Crippen molar-refractivity contribution in [3.05, 3.63) is 60.4 Å². The molecule has 0 atom stereocenters. The summed E-state index contributed by atoms with van der Waals surface area (Å²) in [4.78, 5) is 17.8. The first-order valence-corrected chi connectivity index (χ1v) is 8.01. The van der Waals surface area contributed by atoms with Crippen LogP contribution in [0.5, 0.6) is 0 Å². The number of benzene rings is 1. The van der Waals surface area contributed by atoms with Crippen molar-refractivity contribution < 1.29 is 0 Å². The Morgan fingerprint density at radius 1 is 1.00 bits per heavy atom. The van der Waals surface area contributed by atoms with Crippen molar-refractivity contribution in [3.8, 4) is 17.1 Å². The fraction of sp³-hybridized carbons (Fsp3) is 0.0526. The molecule has 3 aromatic heterocycles. The molecule has 0 bridgehead atoms. The number of hydrogen-bond donors (Lipinski definition) is 1. The summed E-state index contributed by atoms with van der Waals surface area (Å²) in [5.74, 6) is 0.419. The molecule has 4 aromatic rings. The quantitative estimate of drug-likeness (QED) is 0.612. The van der Waals surface area contributed by atoms with E-state index in [1.807, 2.05) is 47.2 Å². The van der Waals surface area contributed by atoms with Gasteiger partial charge in [-0.2, -0.15) is 0 Å². The van der Waals surface area contributed by atoms with Gasteiger partial charge in [0.15, 0.2) is 0 Å². The van der Waals surface area contributed by atoms with E-state index in [2.05, 4.69) is 26.0 Å². The zero-order valence-corrected chi connectivity index (χ0v) is 13.3. The Balaban J connectivity index is 1.75. The Labute approximate surface area is 143 Å². The van der Waals surface area contributed by atoms with Gasteiger partial charge in [0.25, 0.3) is 0 Å². The highest BCUT2D eigenvalue weighted by molar-refractivity contribution is 5.91. The van der Waals surface area contributed by atoms with Crippen LogP contribution in [-0.4, -0.2) is 25.7 Å². The lowest BCUT2D eigenvalue weighted by Gasteiger charge is -2.08. The van der Waals surface area contributed by atoms with Crippen LogP contribution in [0.3, 0.4) is 0 Å². The predicted molar refractivity (Wildman–Crippen MR) is 98.4 cm³/mol. The molecule has 5 rings (SSSR count). The van der Waals surface area contributed by atoms with Gasteiger partial charge in [-0.3, -0.25) is 19.5 Å². The highest BCUT2D eigenvalue weighted by atomic mass is 15.2. The molecule has 1 aromatic carbocycles. The summed E-state index contributed by atoms with van der Waals surface area (Å²) in [6, 6.07) is 13.8. The van der Waals surface area contributed by atoms with Crippen molar-refractivity contribution in [2.24, 2.45) is 4.99 Å². The third-order valence-electron chi connectivity index (χ3n) is 4.38. The van der Waals surface area contributed by atoms with Gasteiger partial charge in [0.05, 0.1) is 22.6 Å². The minimum Gasteiger partial charge on any atom is -0.369 e. The largest absolute Gasteiger partial charge is 0.369 e. The summed E-state index contributed by atoms with van der Waals surface area (Å²) < 4.78 is 1.93. The van der Waals surface area contributed by atoms with Crippen LogP contribution in [0.1, 0.15) is 5.56 Å². The SMILES string of the molecule is Nc1nc2c(-c3ccccn3)nccc2n1-c1ccc2c(c1)N=CC2. The molecule has 1 aliphatic heterocycles. The van der Waals surface area contributed by atoms with Crippen LogP contribution in [0.4, 0.5) is 11.6 Å².